The topological polar surface area (TPSA) is 23.8 Å². The average Bonchev–Trinajstić information content (AvgIpc) is 2.25. The van der Waals surface area contributed by atoms with Crippen molar-refractivity contribution in [1.29, 1.82) is 5.26 Å². The van der Waals surface area contributed by atoms with Gasteiger partial charge in [-0.1, -0.05) is 46.0 Å². The lowest BCUT2D eigenvalue weighted by Crippen LogP contribution is -2.16. The van der Waals surface area contributed by atoms with Crippen LogP contribution in [-0.2, 0) is 0 Å². The molecule has 1 aliphatic rings. The molecule has 0 amide bonds. The van der Waals surface area contributed by atoms with Gasteiger partial charge in [0.15, 0.2) is 0 Å². The van der Waals surface area contributed by atoms with E-state index < -0.39 is 0 Å². The van der Waals surface area contributed by atoms with Crippen LogP contribution in [0, 0.1) is 29.1 Å². The van der Waals surface area contributed by atoms with Gasteiger partial charge in [-0.25, -0.2) is 0 Å². The monoisotopic (exact) mass is 207 g/mol. The maximum atomic E-state index is 8.65. The van der Waals surface area contributed by atoms with Gasteiger partial charge in [0, 0.05) is 6.42 Å². The van der Waals surface area contributed by atoms with Gasteiger partial charge in [0.25, 0.3) is 0 Å². The SMILES string of the molecule is CC(C)C(CCC#N)CC1CCCCC1. The average molecular weight is 207 g/mol. The van der Waals surface area contributed by atoms with E-state index in [1.165, 1.54) is 38.5 Å². The van der Waals surface area contributed by atoms with Gasteiger partial charge in [-0.05, 0) is 30.6 Å². The fourth-order valence-corrected chi connectivity index (χ4v) is 2.82. The van der Waals surface area contributed by atoms with E-state index in [0.29, 0.717) is 0 Å². The normalized spacial score (nSPS) is 20.1. The van der Waals surface area contributed by atoms with Crippen molar-refractivity contribution >= 4 is 0 Å². The first kappa shape index (κ1) is 12.6. The molecule has 0 aromatic rings. The van der Waals surface area contributed by atoms with Crippen LogP contribution in [-0.4, -0.2) is 0 Å². The van der Waals surface area contributed by atoms with Crippen LogP contribution in [0.2, 0.25) is 0 Å². The number of nitrogens with zero attached hydrogens (tertiary/aromatic N) is 1. The van der Waals surface area contributed by atoms with Crippen molar-refractivity contribution in [2.75, 3.05) is 0 Å². The second-order valence-electron chi connectivity index (χ2n) is 5.44. The molecule has 0 saturated heterocycles. The van der Waals surface area contributed by atoms with Crippen LogP contribution in [0.15, 0.2) is 0 Å². The predicted molar refractivity (Wildman–Crippen MR) is 64.4 cm³/mol. The van der Waals surface area contributed by atoms with E-state index in [0.717, 1.165) is 30.6 Å². The molecule has 1 atom stereocenters. The lowest BCUT2D eigenvalue weighted by Gasteiger charge is -2.28. The summed E-state index contributed by atoms with van der Waals surface area (Å²) in [5, 5.41) is 8.65. The van der Waals surface area contributed by atoms with Gasteiger partial charge in [-0.3, -0.25) is 0 Å². The molecule has 0 N–H and O–H groups in total. The third-order valence-corrected chi connectivity index (χ3v) is 3.93. The molecule has 1 aliphatic carbocycles. The molecule has 0 heterocycles. The van der Waals surface area contributed by atoms with E-state index in [1.807, 2.05) is 0 Å². The Kier molecular flexibility index (Phi) is 5.76. The third kappa shape index (κ3) is 4.69. The van der Waals surface area contributed by atoms with Crippen LogP contribution in [0.25, 0.3) is 0 Å². The van der Waals surface area contributed by atoms with Crippen LogP contribution >= 0.6 is 0 Å². The quantitative estimate of drug-likeness (QED) is 0.649. The minimum atomic E-state index is 0.746. The van der Waals surface area contributed by atoms with Crippen molar-refractivity contribution in [2.45, 2.75) is 65.2 Å². The number of hydrogen-bond acceptors (Lipinski definition) is 1. The Labute approximate surface area is 94.9 Å². The fourth-order valence-electron chi connectivity index (χ4n) is 2.82. The van der Waals surface area contributed by atoms with Crippen molar-refractivity contribution in [2.24, 2.45) is 17.8 Å². The van der Waals surface area contributed by atoms with Gasteiger partial charge in [-0.15, -0.1) is 0 Å². The Morgan fingerprint density at radius 3 is 2.40 bits per heavy atom. The lowest BCUT2D eigenvalue weighted by molar-refractivity contribution is 0.238. The highest BCUT2D eigenvalue weighted by molar-refractivity contribution is 4.77. The molecule has 0 spiro atoms. The molecular formula is C14H25N. The van der Waals surface area contributed by atoms with E-state index >= 15 is 0 Å². The van der Waals surface area contributed by atoms with Gasteiger partial charge < -0.3 is 0 Å². The molecule has 1 saturated carbocycles. The Morgan fingerprint density at radius 2 is 1.87 bits per heavy atom. The standard InChI is InChI=1S/C14H25N/c1-12(2)14(9-6-10-15)11-13-7-4-3-5-8-13/h12-14H,3-9,11H2,1-2H3. The van der Waals surface area contributed by atoms with Crippen LogP contribution in [0.3, 0.4) is 0 Å². The minimum absolute atomic E-state index is 0.746. The molecule has 1 heteroatoms. The zero-order valence-corrected chi connectivity index (χ0v) is 10.3. The summed E-state index contributed by atoms with van der Waals surface area (Å²) in [5.74, 6) is 2.50. The Hall–Kier alpha value is -0.510. The molecule has 86 valence electrons. The number of rotatable bonds is 5. The van der Waals surface area contributed by atoms with Crippen LogP contribution in [0.5, 0.6) is 0 Å². The molecule has 0 aliphatic heterocycles. The summed E-state index contributed by atoms with van der Waals surface area (Å²) in [6, 6.07) is 2.29. The third-order valence-electron chi connectivity index (χ3n) is 3.93. The summed E-state index contributed by atoms with van der Waals surface area (Å²) in [6.07, 6.45) is 10.4. The first-order valence-electron chi connectivity index (χ1n) is 6.61. The second kappa shape index (κ2) is 6.88. The molecular weight excluding hydrogens is 182 g/mol. The highest BCUT2D eigenvalue weighted by atomic mass is 14.3. The highest BCUT2D eigenvalue weighted by Gasteiger charge is 2.20. The second-order valence-corrected chi connectivity index (χ2v) is 5.44. The molecule has 0 aromatic heterocycles. The summed E-state index contributed by atoms with van der Waals surface area (Å²) in [7, 11) is 0. The highest BCUT2D eigenvalue weighted by Crippen LogP contribution is 2.33. The summed E-state index contributed by atoms with van der Waals surface area (Å²) in [6.45, 7) is 4.62. The van der Waals surface area contributed by atoms with E-state index in [9.17, 15) is 0 Å². The van der Waals surface area contributed by atoms with Crippen LogP contribution in [0.4, 0.5) is 0 Å². The van der Waals surface area contributed by atoms with Crippen molar-refractivity contribution in [3.8, 4) is 6.07 Å². The Balaban J connectivity index is 2.32. The zero-order valence-electron chi connectivity index (χ0n) is 10.3. The Morgan fingerprint density at radius 1 is 1.20 bits per heavy atom. The van der Waals surface area contributed by atoms with E-state index in [1.54, 1.807) is 0 Å². The molecule has 1 nitrogen and oxygen atoms in total. The van der Waals surface area contributed by atoms with E-state index in [2.05, 4.69) is 19.9 Å². The molecule has 1 fully saturated rings. The maximum Gasteiger partial charge on any atom is 0.0621 e. The molecule has 0 aromatic carbocycles. The van der Waals surface area contributed by atoms with E-state index in [-0.39, 0.29) is 0 Å². The van der Waals surface area contributed by atoms with Crippen molar-refractivity contribution < 1.29 is 0 Å². The van der Waals surface area contributed by atoms with Gasteiger partial charge in [0.05, 0.1) is 6.07 Å². The molecule has 15 heavy (non-hydrogen) atoms. The summed E-state index contributed by atoms with van der Waals surface area (Å²) in [5.41, 5.74) is 0. The van der Waals surface area contributed by atoms with Gasteiger partial charge in [-0.2, -0.15) is 5.26 Å². The van der Waals surface area contributed by atoms with Gasteiger partial charge in [0.1, 0.15) is 0 Å². The largest absolute Gasteiger partial charge is 0.198 e. The van der Waals surface area contributed by atoms with Crippen molar-refractivity contribution in [3.63, 3.8) is 0 Å². The number of hydrogen-bond donors (Lipinski definition) is 0. The molecule has 1 unspecified atom stereocenters. The fraction of sp³-hybridized carbons (Fsp3) is 0.929. The molecule has 1 rings (SSSR count). The van der Waals surface area contributed by atoms with Gasteiger partial charge >= 0.3 is 0 Å². The summed E-state index contributed by atoms with van der Waals surface area (Å²) in [4.78, 5) is 0. The zero-order chi connectivity index (χ0) is 11.1. The summed E-state index contributed by atoms with van der Waals surface area (Å²) >= 11 is 0. The lowest BCUT2D eigenvalue weighted by atomic mass is 9.78. The first-order chi connectivity index (χ1) is 7.24. The number of nitriles is 1. The summed E-state index contributed by atoms with van der Waals surface area (Å²) < 4.78 is 0. The van der Waals surface area contributed by atoms with Crippen LogP contribution < -0.4 is 0 Å². The molecule has 0 radical (unpaired) electrons. The smallest absolute Gasteiger partial charge is 0.0621 e. The predicted octanol–water partition coefficient (Wildman–Crippen LogP) is 4.53. The van der Waals surface area contributed by atoms with Crippen molar-refractivity contribution in [3.05, 3.63) is 0 Å². The van der Waals surface area contributed by atoms with Crippen molar-refractivity contribution in [1.82, 2.24) is 0 Å². The van der Waals surface area contributed by atoms with E-state index in [4.69, 9.17) is 5.26 Å². The van der Waals surface area contributed by atoms with Crippen LogP contribution in [0.1, 0.15) is 65.2 Å². The molecule has 0 bridgehead atoms. The first-order valence-corrected chi connectivity index (χ1v) is 6.61. The maximum absolute atomic E-state index is 8.65. The van der Waals surface area contributed by atoms with Gasteiger partial charge in [0.2, 0.25) is 0 Å². The Bertz CT molecular complexity index is 196. The minimum Gasteiger partial charge on any atom is -0.198 e.